The Bertz CT molecular complexity index is 199. The van der Waals surface area contributed by atoms with E-state index in [1.54, 1.807) is 0 Å². The summed E-state index contributed by atoms with van der Waals surface area (Å²) in [5.74, 6) is 0. The maximum atomic E-state index is 5.63. The average Bonchev–Trinajstić information content (AvgIpc) is 1.85. The van der Waals surface area contributed by atoms with E-state index in [-0.39, 0.29) is 5.41 Å². The second-order valence-electron chi connectivity index (χ2n) is 3.95. The van der Waals surface area contributed by atoms with Crippen LogP contribution in [0.2, 0.25) is 0 Å². The van der Waals surface area contributed by atoms with Crippen LogP contribution in [-0.4, -0.2) is 6.54 Å². The van der Waals surface area contributed by atoms with Gasteiger partial charge in [0, 0.05) is 6.54 Å². The molecule has 0 radical (unpaired) electrons. The van der Waals surface area contributed by atoms with Crippen molar-refractivity contribution in [1.29, 1.82) is 0 Å². The molecule has 62 valence electrons. The van der Waals surface area contributed by atoms with Crippen molar-refractivity contribution in [3.63, 3.8) is 0 Å². The number of hydrogen-bond donors (Lipinski definition) is 1. The molecule has 0 unspecified atom stereocenters. The van der Waals surface area contributed by atoms with Crippen LogP contribution in [0.4, 0.5) is 0 Å². The number of nitrogens with two attached hydrogens (primary N) is 1. The molecule has 1 nitrogen and oxygen atoms in total. The first-order valence-electron chi connectivity index (χ1n) is 4.12. The molecular weight excluding hydrogens is 134 g/mol. The highest BCUT2D eigenvalue weighted by Gasteiger charge is 2.25. The van der Waals surface area contributed by atoms with Gasteiger partial charge < -0.3 is 5.73 Å². The fourth-order valence-corrected chi connectivity index (χ4v) is 1.71. The van der Waals surface area contributed by atoms with Crippen molar-refractivity contribution < 1.29 is 0 Å². The van der Waals surface area contributed by atoms with Gasteiger partial charge in [-0.15, -0.1) is 0 Å². The van der Waals surface area contributed by atoms with E-state index < -0.39 is 0 Å². The van der Waals surface area contributed by atoms with Gasteiger partial charge in [0.1, 0.15) is 0 Å². The van der Waals surface area contributed by atoms with Crippen LogP contribution in [0.15, 0.2) is 23.8 Å². The predicted octanol–water partition coefficient (Wildman–Crippen LogP) is 2.25. The van der Waals surface area contributed by atoms with Gasteiger partial charge in [0.25, 0.3) is 0 Å². The van der Waals surface area contributed by atoms with Gasteiger partial charge in [-0.1, -0.05) is 37.6 Å². The molecule has 0 saturated carbocycles. The molecule has 0 bridgehead atoms. The van der Waals surface area contributed by atoms with Crippen molar-refractivity contribution in [3.8, 4) is 0 Å². The van der Waals surface area contributed by atoms with E-state index in [0.717, 1.165) is 12.8 Å². The zero-order chi connectivity index (χ0) is 8.48. The van der Waals surface area contributed by atoms with Crippen LogP contribution in [0.3, 0.4) is 0 Å². The molecule has 0 aromatic heterocycles. The molecular formula is C10H17N. The minimum absolute atomic E-state index is 0.254. The van der Waals surface area contributed by atoms with E-state index in [9.17, 15) is 0 Å². The Hall–Kier alpha value is -0.560. The zero-order valence-corrected chi connectivity index (χ0v) is 7.48. The molecule has 1 aliphatic carbocycles. The number of rotatable bonds is 1. The molecule has 0 heterocycles. The molecule has 11 heavy (non-hydrogen) atoms. The second kappa shape index (κ2) is 2.82. The van der Waals surface area contributed by atoms with E-state index in [1.165, 1.54) is 11.1 Å². The molecule has 0 aromatic carbocycles. The summed E-state index contributed by atoms with van der Waals surface area (Å²) < 4.78 is 0. The zero-order valence-electron chi connectivity index (χ0n) is 7.48. The Morgan fingerprint density at radius 3 is 2.73 bits per heavy atom. The van der Waals surface area contributed by atoms with Crippen molar-refractivity contribution in [1.82, 2.24) is 0 Å². The number of hydrogen-bond acceptors (Lipinski definition) is 1. The van der Waals surface area contributed by atoms with Crippen molar-refractivity contribution in [2.45, 2.75) is 26.7 Å². The summed E-state index contributed by atoms with van der Waals surface area (Å²) in [5, 5.41) is 0. The minimum atomic E-state index is 0.254. The highest BCUT2D eigenvalue weighted by molar-refractivity contribution is 5.24. The van der Waals surface area contributed by atoms with Crippen LogP contribution in [0, 0.1) is 5.41 Å². The fraction of sp³-hybridized carbons (Fsp3) is 0.600. The topological polar surface area (TPSA) is 26.0 Å². The lowest BCUT2D eigenvalue weighted by Gasteiger charge is -2.32. The first-order valence-corrected chi connectivity index (χ1v) is 4.12. The largest absolute Gasteiger partial charge is 0.327 e. The molecule has 0 fully saturated rings. The standard InChI is InChI=1S/C10H17N/c1-8-4-5-9(7-11)10(2,3)6-8/h5H,1,4,6-7,11H2,2-3H3. The van der Waals surface area contributed by atoms with Gasteiger partial charge >= 0.3 is 0 Å². The van der Waals surface area contributed by atoms with Crippen LogP contribution in [0.1, 0.15) is 26.7 Å². The lowest BCUT2D eigenvalue weighted by Crippen LogP contribution is -2.24. The molecule has 2 N–H and O–H groups in total. The fourth-order valence-electron chi connectivity index (χ4n) is 1.71. The van der Waals surface area contributed by atoms with Crippen LogP contribution >= 0.6 is 0 Å². The molecule has 1 heteroatoms. The highest BCUT2D eigenvalue weighted by atomic mass is 14.6. The summed E-state index contributed by atoms with van der Waals surface area (Å²) in [6.07, 6.45) is 4.35. The SMILES string of the molecule is C=C1CC=C(CN)C(C)(C)C1. The first kappa shape index (κ1) is 8.54. The first-order chi connectivity index (χ1) is 5.06. The van der Waals surface area contributed by atoms with Crippen molar-refractivity contribution in [2.75, 3.05) is 6.54 Å². The van der Waals surface area contributed by atoms with Crippen LogP contribution in [0.5, 0.6) is 0 Å². The number of allylic oxidation sites excluding steroid dienone is 2. The van der Waals surface area contributed by atoms with Crippen LogP contribution < -0.4 is 5.73 Å². The van der Waals surface area contributed by atoms with E-state index in [4.69, 9.17) is 5.73 Å². The maximum absolute atomic E-state index is 5.63. The van der Waals surface area contributed by atoms with Gasteiger partial charge in [0.15, 0.2) is 0 Å². The molecule has 0 amide bonds. The minimum Gasteiger partial charge on any atom is -0.327 e. The molecule has 1 rings (SSSR count). The van der Waals surface area contributed by atoms with Crippen LogP contribution in [-0.2, 0) is 0 Å². The van der Waals surface area contributed by atoms with E-state index >= 15 is 0 Å². The summed E-state index contributed by atoms with van der Waals surface area (Å²) in [6.45, 7) is 9.15. The highest BCUT2D eigenvalue weighted by Crippen LogP contribution is 2.37. The molecule has 0 aromatic rings. The van der Waals surface area contributed by atoms with E-state index in [1.807, 2.05) is 0 Å². The Labute approximate surface area is 69.0 Å². The van der Waals surface area contributed by atoms with Gasteiger partial charge in [-0.05, 0) is 18.3 Å². The molecule has 0 aliphatic heterocycles. The average molecular weight is 151 g/mol. The third-order valence-electron chi connectivity index (χ3n) is 2.42. The third-order valence-corrected chi connectivity index (χ3v) is 2.42. The third kappa shape index (κ3) is 1.72. The lowest BCUT2D eigenvalue weighted by atomic mass is 9.74. The van der Waals surface area contributed by atoms with Crippen molar-refractivity contribution in [2.24, 2.45) is 11.1 Å². The normalized spacial score (nSPS) is 23.2. The quantitative estimate of drug-likeness (QED) is 0.571. The molecule has 0 spiro atoms. The summed E-state index contributed by atoms with van der Waals surface area (Å²) in [5.41, 5.74) is 8.59. The molecule has 0 atom stereocenters. The summed E-state index contributed by atoms with van der Waals surface area (Å²) in [4.78, 5) is 0. The van der Waals surface area contributed by atoms with Crippen molar-refractivity contribution in [3.05, 3.63) is 23.8 Å². The summed E-state index contributed by atoms with van der Waals surface area (Å²) >= 11 is 0. The molecule has 1 aliphatic rings. The van der Waals surface area contributed by atoms with Gasteiger partial charge in [0.2, 0.25) is 0 Å². The predicted molar refractivity (Wildman–Crippen MR) is 49.3 cm³/mol. The Morgan fingerprint density at radius 1 is 1.64 bits per heavy atom. The Morgan fingerprint density at radius 2 is 2.27 bits per heavy atom. The van der Waals surface area contributed by atoms with E-state index in [2.05, 4.69) is 26.5 Å². The monoisotopic (exact) mass is 151 g/mol. The van der Waals surface area contributed by atoms with Crippen LogP contribution in [0.25, 0.3) is 0 Å². The van der Waals surface area contributed by atoms with Gasteiger partial charge in [-0.25, -0.2) is 0 Å². The maximum Gasteiger partial charge on any atom is 0.0142 e. The van der Waals surface area contributed by atoms with Gasteiger partial charge in [0.05, 0.1) is 0 Å². The van der Waals surface area contributed by atoms with Crippen molar-refractivity contribution >= 4 is 0 Å². The lowest BCUT2D eigenvalue weighted by molar-refractivity contribution is 0.418. The van der Waals surface area contributed by atoms with E-state index in [0.29, 0.717) is 6.54 Å². The molecule has 0 saturated heterocycles. The smallest absolute Gasteiger partial charge is 0.0142 e. The Balaban J connectivity index is 2.85. The summed E-state index contributed by atoms with van der Waals surface area (Å²) in [6, 6.07) is 0. The second-order valence-corrected chi connectivity index (χ2v) is 3.95. The summed E-state index contributed by atoms with van der Waals surface area (Å²) in [7, 11) is 0. The van der Waals surface area contributed by atoms with Gasteiger partial charge in [-0.2, -0.15) is 0 Å². The van der Waals surface area contributed by atoms with Gasteiger partial charge in [-0.3, -0.25) is 0 Å². The Kier molecular flexibility index (Phi) is 2.19.